The summed E-state index contributed by atoms with van der Waals surface area (Å²) in [4.78, 5) is 2.72. The topological polar surface area (TPSA) is 35.5 Å². The van der Waals surface area contributed by atoms with E-state index in [1.807, 2.05) is 0 Å². The first-order chi connectivity index (χ1) is 9.74. The van der Waals surface area contributed by atoms with Crippen molar-refractivity contribution in [2.75, 3.05) is 19.7 Å². The number of nitrogens with one attached hydrogen (secondary N) is 1. The molecule has 3 heteroatoms. The maximum atomic E-state index is 9.84. The molecule has 1 saturated heterocycles. The van der Waals surface area contributed by atoms with Gasteiger partial charge < -0.3 is 15.3 Å². The van der Waals surface area contributed by atoms with Crippen LogP contribution < -0.4 is 5.32 Å². The lowest BCUT2D eigenvalue weighted by atomic mass is 9.91. The third-order valence-corrected chi connectivity index (χ3v) is 5.84. The van der Waals surface area contributed by atoms with Crippen LogP contribution in [0.25, 0.3) is 0 Å². The van der Waals surface area contributed by atoms with Gasteiger partial charge in [0.25, 0.3) is 0 Å². The number of likely N-dealkylation sites (tertiary alicyclic amines) is 1. The Morgan fingerprint density at radius 2 is 1.90 bits per heavy atom. The molecule has 2 N–H and O–H groups in total. The zero-order chi connectivity index (χ0) is 14.0. The van der Waals surface area contributed by atoms with Crippen LogP contribution in [-0.2, 0) is 0 Å². The molecule has 0 aromatic carbocycles. The van der Waals surface area contributed by atoms with Crippen LogP contribution in [0.3, 0.4) is 0 Å². The number of aliphatic hydroxyl groups excluding tert-OH is 1. The summed E-state index contributed by atoms with van der Waals surface area (Å²) in [5.74, 6) is 0.977. The van der Waals surface area contributed by atoms with Gasteiger partial charge >= 0.3 is 0 Å². The van der Waals surface area contributed by atoms with Gasteiger partial charge in [-0.05, 0) is 64.0 Å². The standard InChI is InChI=1S/C17H32N2O/c1-2-3-14-7-10-19(11-8-14)16-6-9-17(12-16,13-20)18-15-4-5-15/h14-16,18,20H,2-13H2,1H3. The average molecular weight is 280 g/mol. The second kappa shape index (κ2) is 6.33. The molecule has 3 rings (SSSR count). The SMILES string of the molecule is CCCC1CCN(C2CCC(CO)(NC3CC3)C2)CC1. The molecule has 1 heterocycles. The van der Waals surface area contributed by atoms with Crippen LogP contribution in [0.5, 0.6) is 0 Å². The minimum Gasteiger partial charge on any atom is -0.394 e. The molecule has 0 spiro atoms. The molecule has 2 aliphatic carbocycles. The van der Waals surface area contributed by atoms with Crippen molar-refractivity contribution in [3.63, 3.8) is 0 Å². The van der Waals surface area contributed by atoms with E-state index in [4.69, 9.17) is 0 Å². The fourth-order valence-corrected chi connectivity index (χ4v) is 4.41. The highest BCUT2D eigenvalue weighted by atomic mass is 16.3. The van der Waals surface area contributed by atoms with Gasteiger partial charge in [-0.15, -0.1) is 0 Å². The van der Waals surface area contributed by atoms with E-state index in [0.29, 0.717) is 12.6 Å². The van der Waals surface area contributed by atoms with Gasteiger partial charge in [0, 0.05) is 17.6 Å². The van der Waals surface area contributed by atoms with Gasteiger partial charge in [-0.25, -0.2) is 0 Å². The van der Waals surface area contributed by atoms with Gasteiger partial charge in [0.15, 0.2) is 0 Å². The van der Waals surface area contributed by atoms with Crippen molar-refractivity contribution < 1.29 is 5.11 Å². The first-order valence-electron chi connectivity index (χ1n) is 8.87. The minimum atomic E-state index is 0.0477. The molecule has 1 aliphatic heterocycles. The van der Waals surface area contributed by atoms with E-state index in [2.05, 4.69) is 17.1 Å². The van der Waals surface area contributed by atoms with E-state index in [0.717, 1.165) is 12.0 Å². The largest absolute Gasteiger partial charge is 0.394 e. The van der Waals surface area contributed by atoms with E-state index < -0.39 is 0 Å². The lowest BCUT2D eigenvalue weighted by Gasteiger charge is -2.37. The molecule has 0 aromatic rings. The Balaban J connectivity index is 1.49. The maximum Gasteiger partial charge on any atom is 0.0614 e. The van der Waals surface area contributed by atoms with Gasteiger partial charge in [-0.3, -0.25) is 0 Å². The van der Waals surface area contributed by atoms with Crippen LogP contribution in [0, 0.1) is 5.92 Å². The van der Waals surface area contributed by atoms with E-state index in [1.165, 1.54) is 70.9 Å². The molecule has 3 fully saturated rings. The maximum absolute atomic E-state index is 9.84. The van der Waals surface area contributed by atoms with Gasteiger partial charge in [-0.2, -0.15) is 0 Å². The third-order valence-electron chi connectivity index (χ3n) is 5.84. The van der Waals surface area contributed by atoms with E-state index in [9.17, 15) is 5.11 Å². The lowest BCUT2D eigenvalue weighted by molar-refractivity contribution is 0.111. The summed E-state index contributed by atoms with van der Waals surface area (Å²) in [5.41, 5.74) is 0.0477. The second-order valence-electron chi connectivity index (χ2n) is 7.52. The third kappa shape index (κ3) is 3.37. The smallest absolute Gasteiger partial charge is 0.0614 e. The molecule has 2 unspecified atom stereocenters. The predicted octanol–water partition coefficient (Wildman–Crippen LogP) is 2.53. The van der Waals surface area contributed by atoms with Gasteiger partial charge in [-0.1, -0.05) is 19.8 Å². The summed E-state index contributed by atoms with van der Waals surface area (Å²) in [6, 6.07) is 1.42. The second-order valence-corrected chi connectivity index (χ2v) is 7.52. The Morgan fingerprint density at radius 1 is 1.15 bits per heavy atom. The number of hydrogen-bond donors (Lipinski definition) is 2. The summed E-state index contributed by atoms with van der Waals surface area (Å²) in [6.45, 7) is 5.22. The first-order valence-corrected chi connectivity index (χ1v) is 8.87. The zero-order valence-electron chi connectivity index (χ0n) is 13.1. The van der Waals surface area contributed by atoms with Gasteiger partial charge in [0.05, 0.1) is 6.61 Å². The number of piperidine rings is 1. The van der Waals surface area contributed by atoms with Crippen molar-refractivity contribution >= 4 is 0 Å². The molecular weight excluding hydrogens is 248 g/mol. The lowest BCUT2D eigenvalue weighted by Crippen LogP contribution is -2.49. The van der Waals surface area contributed by atoms with E-state index in [-0.39, 0.29) is 5.54 Å². The Hall–Kier alpha value is -0.120. The molecule has 0 aromatic heterocycles. The molecule has 0 bridgehead atoms. The summed E-state index contributed by atoms with van der Waals surface area (Å²) in [7, 11) is 0. The summed E-state index contributed by atoms with van der Waals surface area (Å²) in [6.07, 6.45) is 11.8. The van der Waals surface area contributed by atoms with E-state index >= 15 is 0 Å². The first kappa shape index (κ1) is 14.8. The fraction of sp³-hybridized carbons (Fsp3) is 1.00. The normalized spacial score (nSPS) is 36.6. The highest BCUT2D eigenvalue weighted by molar-refractivity contribution is 5.03. The highest BCUT2D eigenvalue weighted by Gasteiger charge is 2.43. The molecule has 3 nitrogen and oxygen atoms in total. The Morgan fingerprint density at radius 3 is 2.50 bits per heavy atom. The van der Waals surface area contributed by atoms with Crippen molar-refractivity contribution in [1.29, 1.82) is 0 Å². The van der Waals surface area contributed by atoms with Crippen LogP contribution in [0.15, 0.2) is 0 Å². The van der Waals surface area contributed by atoms with Crippen molar-refractivity contribution in [3.05, 3.63) is 0 Å². The molecule has 20 heavy (non-hydrogen) atoms. The van der Waals surface area contributed by atoms with Gasteiger partial charge in [0.2, 0.25) is 0 Å². The molecule has 2 saturated carbocycles. The zero-order valence-corrected chi connectivity index (χ0v) is 13.1. The van der Waals surface area contributed by atoms with Crippen LogP contribution in [0.1, 0.15) is 64.7 Å². The van der Waals surface area contributed by atoms with Crippen molar-refractivity contribution in [3.8, 4) is 0 Å². The molecule has 0 amide bonds. The van der Waals surface area contributed by atoms with Gasteiger partial charge in [0.1, 0.15) is 0 Å². The van der Waals surface area contributed by atoms with Crippen LogP contribution in [-0.4, -0.2) is 47.3 Å². The Bertz CT molecular complexity index is 310. The minimum absolute atomic E-state index is 0.0477. The highest BCUT2D eigenvalue weighted by Crippen LogP contribution is 2.37. The monoisotopic (exact) mass is 280 g/mol. The van der Waals surface area contributed by atoms with Crippen LogP contribution in [0.2, 0.25) is 0 Å². The molecular formula is C17H32N2O. The summed E-state index contributed by atoms with van der Waals surface area (Å²) < 4.78 is 0. The number of aliphatic hydroxyl groups is 1. The fourth-order valence-electron chi connectivity index (χ4n) is 4.41. The number of nitrogens with zero attached hydrogens (tertiary/aromatic N) is 1. The van der Waals surface area contributed by atoms with E-state index in [1.54, 1.807) is 0 Å². The Labute approximate surface area is 124 Å². The Kier molecular flexibility index (Phi) is 4.68. The number of rotatable bonds is 6. The van der Waals surface area contributed by atoms with Crippen molar-refractivity contribution in [2.24, 2.45) is 5.92 Å². The molecule has 2 atom stereocenters. The number of hydrogen-bond acceptors (Lipinski definition) is 3. The molecule has 0 radical (unpaired) electrons. The average Bonchev–Trinajstić information content (AvgIpc) is 3.18. The molecule has 116 valence electrons. The predicted molar refractivity (Wildman–Crippen MR) is 82.8 cm³/mol. The summed E-state index contributed by atoms with van der Waals surface area (Å²) >= 11 is 0. The van der Waals surface area contributed by atoms with Crippen LogP contribution >= 0.6 is 0 Å². The molecule has 3 aliphatic rings. The van der Waals surface area contributed by atoms with Crippen LogP contribution in [0.4, 0.5) is 0 Å². The quantitative estimate of drug-likeness (QED) is 0.785. The van der Waals surface area contributed by atoms with Crippen molar-refractivity contribution in [1.82, 2.24) is 10.2 Å². The summed E-state index contributed by atoms with van der Waals surface area (Å²) in [5, 5.41) is 13.6. The van der Waals surface area contributed by atoms with Crippen molar-refractivity contribution in [2.45, 2.75) is 82.3 Å².